The largest absolute Gasteiger partial charge is 0.435 e. The van der Waals surface area contributed by atoms with E-state index in [4.69, 9.17) is 24.4 Å². The average Bonchev–Trinajstić information content (AvgIpc) is 3.81. The van der Waals surface area contributed by atoms with Gasteiger partial charge in [-0.1, -0.05) is 121 Å². The van der Waals surface area contributed by atoms with Crippen molar-refractivity contribution in [3.05, 3.63) is 158 Å². The summed E-state index contributed by atoms with van der Waals surface area (Å²) >= 11 is 1.74. The standard InChI is InChI=1S/C46H26N4OS/c1-2-13-28(14-3-1)46-47-37-26-39-40(35-20-10-11-21-38(35)52-39)41(42(37)51-46)45-49-43(31-23-22-27-12-4-5-15-29(27)24-31)48-44(50-45)36-25-30-16-6-7-17-32(30)33-18-8-9-19-34(33)36/h1-26H. The Morgan fingerprint density at radius 2 is 1.10 bits per heavy atom. The number of rotatable bonds is 4. The summed E-state index contributed by atoms with van der Waals surface area (Å²) in [6.45, 7) is 0. The molecule has 52 heavy (non-hydrogen) atoms. The van der Waals surface area contributed by atoms with Gasteiger partial charge in [0.2, 0.25) is 5.89 Å². The van der Waals surface area contributed by atoms with Gasteiger partial charge in [0.25, 0.3) is 0 Å². The molecule has 0 unspecified atom stereocenters. The summed E-state index contributed by atoms with van der Waals surface area (Å²) in [7, 11) is 0. The molecule has 0 saturated carbocycles. The molecule has 0 fully saturated rings. The van der Waals surface area contributed by atoms with Gasteiger partial charge in [0.05, 0.1) is 5.56 Å². The number of oxazole rings is 1. The lowest BCUT2D eigenvalue weighted by Crippen LogP contribution is -2.01. The molecule has 0 saturated heterocycles. The van der Waals surface area contributed by atoms with E-state index in [1.54, 1.807) is 11.3 Å². The molecule has 3 heterocycles. The van der Waals surface area contributed by atoms with Crippen molar-refractivity contribution in [2.45, 2.75) is 0 Å². The maximum Gasteiger partial charge on any atom is 0.227 e. The Labute approximate surface area is 301 Å². The summed E-state index contributed by atoms with van der Waals surface area (Å²) in [5, 5.41) is 9.01. The van der Waals surface area contributed by atoms with Gasteiger partial charge >= 0.3 is 0 Å². The molecule has 0 aliphatic heterocycles. The molecule has 3 aromatic heterocycles. The van der Waals surface area contributed by atoms with Gasteiger partial charge in [0.1, 0.15) is 5.52 Å². The number of hydrogen-bond acceptors (Lipinski definition) is 6. The number of thiophene rings is 1. The van der Waals surface area contributed by atoms with Crippen molar-refractivity contribution in [1.82, 2.24) is 19.9 Å². The van der Waals surface area contributed by atoms with Crippen LogP contribution in [-0.2, 0) is 0 Å². The molecule has 0 N–H and O–H groups in total. The van der Waals surface area contributed by atoms with Gasteiger partial charge in [0.15, 0.2) is 23.1 Å². The molecule has 0 spiro atoms. The third-order valence-corrected chi connectivity index (χ3v) is 11.0. The van der Waals surface area contributed by atoms with Crippen LogP contribution in [0.1, 0.15) is 0 Å². The number of benzene rings is 8. The maximum atomic E-state index is 6.74. The van der Waals surface area contributed by atoms with E-state index in [0.29, 0.717) is 28.9 Å². The summed E-state index contributed by atoms with van der Waals surface area (Å²) in [4.78, 5) is 21.0. The Balaban J connectivity index is 1.27. The van der Waals surface area contributed by atoms with Crippen molar-refractivity contribution in [2.75, 3.05) is 0 Å². The molecular formula is C46H26N4OS. The van der Waals surface area contributed by atoms with Crippen molar-refractivity contribution in [1.29, 1.82) is 0 Å². The van der Waals surface area contributed by atoms with Gasteiger partial charge in [0, 0.05) is 36.9 Å². The van der Waals surface area contributed by atoms with Crippen LogP contribution >= 0.6 is 11.3 Å². The Morgan fingerprint density at radius 3 is 1.96 bits per heavy atom. The van der Waals surface area contributed by atoms with Gasteiger partial charge in [-0.25, -0.2) is 19.9 Å². The Morgan fingerprint density at radius 1 is 0.423 bits per heavy atom. The van der Waals surface area contributed by atoms with E-state index >= 15 is 0 Å². The first-order chi connectivity index (χ1) is 25.7. The zero-order valence-corrected chi connectivity index (χ0v) is 28.4. The van der Waals surface area contributed by atoms with Crippen molar-refractivity contribution < 1.29 is 4.42 Å². The second-order valence-electron chi connectivity index (χ2n) is 13.0. The van der Waals surface area contributed by atoms with Crippen LogP contribution in [0.2, 0.25) is 0 Å². The van der Waals surface area contributed by atoms with E-state index in [1.807, 2.05) is 30.3 Å². The summed E-state index contributed by atoms with van der Waals surface area (Å²) in [5.74, 6) is 2.29. The zero-order valence-electron chi connectivity index (χ0n) is 27.6. The Bertz CT molecular complexity index is 3200. The fraction of sp³-hybridized carbons (Fsp3) is 0. The first-order valence-electron chi connectivity index (χ1n) is 17.2. The van der Waals surface area contributed by atoms with Gasteiger partial charge < -0.3 is 4.42 Å². The predicted molar refractivity (Wildman–Crippen MR) is 215 cm³/mol. The third-order valence-electron chi connectivity index (χ3n) is 9.92. The summed E-state index contributed by atoms with van der Waals surface area (Å²) in [5.41, 5.74) is 5.00. The highest BCUT2D eigenvalue weighted by Crippen LogP contribution is 2.45. The molecule has 11 aromatic rings. The quantitative estimate of drug-likeness (QED) is 0.173. The maximum absolute atomic E-state index is 6.74. The van der Waals surface area contributed by atoms with Crippen molar-refractivity contribution in [3.63, 3.8) is 0 Å². The lowest BCUT2D eigenvalue weighted by atomic mass is 9.96. The molecule has 11 rings (SSSR count). The number of nitrogens with zero attached hydrogens (tertiary/aromatic N) is 4. The molecule has 6 heteroatoms. The van der Waals surface area contributed by atoms with Crippen molar-refractivity contribution >= 4 is 74.9 Å². The number of hydrogen-bond donors (Lipinski definition) is 0. The topological polar surface area (TPSA) is 64.7 Å². The minimum Gasteiger partial charge on any atom is -0.435 e. The van der Waals surface area contributed by atoms with Crippen LogP contribution in [0.3, 0.4) is 0 Å². The van der Waals surface area contributed by atoms with Crippen molar-refractivity contribution in [3.8, 4) is 45.6 Å². The van der Waals surface area contributed by atoms with E-state index in [1.165, 1.54) is 10.1 Å². The van der Waals surface area contributed by atoms with Crippen LogP contribution in [0.5, 0.6) is 0 Å². The van der Waals surface area contributed by atoms with E-state index in [0.717, 1.165) is 70.2 Å². The summed E-state index contributed by atoms with van der Waals surface area (Å²) in [6, 6.07) is 54.6. The van der Waals surface area contributed by atoms with Crippen LogP contribution in [0.4, 0.5) is 0 Å². The van der Waals surface area contributed by atoms with Crippen LogP contribution < -0.4 is 0 Å². The van der Waals surface area contributed by atoms with Gasteiger partial charge in [-0.3, -0.25) is 0 Å². The number of aromatic nitrogens is 4. The SMILES string of the molecule is c1ccc(-c2nc3cc4sc5ccccc5c4c(-c4nc(-c5ccc6ccccc6c5)nc(-c5cc6ccccc6c6ccccc56)n4)c3o2)cc1. The first kappa shape index (κ1) is 29.0. The van der Waals surface area contributed by atoms with Crippen molar-refractivity contribution in [2.24, 2.45) is 0 Å². The second-order valence-corrected chi connectivity index (χ2v) is 14.1. The lowest BCUT2D eigenvalue weighted by molar-refractivity contribution is 0.621. The van der Waals surface area contributed by atoms with Crippen LogP contribution in [0.25, 0.3) is 109 Å². The van der Waals surface area contributed by atoms with Gasteiger partial charge in [-0.2, -0.15) is 0 Å². The molecule has 242 valence electrons. The van der Waals surface area contributed by atoms with E-state index in [2.05, 4.69) is 127 Å². The molecular weight excluding hydrogens is 657 g/mol. The molecule has 0 radical (unpaired) electrons. The minimum atomic E-state index is 0.542. The Kier molecular flexibility index (Phi) is 6.35. The van der Waals surface area contributed by atoms with E-state index < -0.39 is 0 Å². The van der Waals surface area contributed by atoms with E-state index in [-0.39, 0.29) is 0 Å². The molecule has 0 atom stereocenters. The van der Waals surface area contributed by atoms with Crippen LogP contribution in [0.15, 0.2) is 162 Å². The van der Waals surface area contributed by atoms with E-state index in [9.17, 15) is 0 Å². The van der Waals surface area contributed by atoms with Gasteiger partial charge in [-0.15, -0.1) is 11.3 Å². The molecule has 5 nitrogen and oxygen atoms in total. The predicted octanol–water partition coefficient (Wildman–Crippen LogP) is 12.5. The molecule has 0 amide bonds. The molecule has 0 aliphatic carbocycles. The summed E-state index contributed by atoms with van der Waals surface area (Å²) in [6.07, 6.45) is 0. The highest BCUT2D eigenvalue weighted by molar-refractivity contribution is 7.26. The number of fused-ring (bicyclic) bond motifs is 8. The average molecular weight is 683 g/mol. The van der Waals surface area contributed by atoms with Crippen LogP contribution in [-0.4, -0.2) is 19.9 Å². The normalized spacial score (nSPS) is 11.8. The second kappa shape index (κ2) is 11.4. The highest BCUT2D eigenvalue weighted by Gasteiger charge is 2.24. The third kappa shape index (κ3) is 4.55. The minimum absolute atomic E-state index is 0.542. The smallest absolute Gasteiger partial charge is 0.227 e. The fourth-order valence-corrected chi connectivity index (χ4v) is 8.64. The monoisotopic (exact) mass is 682 g/mol. The van der Waals surface area contributed by atoms with Crippen LogP contribution in [0, 0.1) is 0 Å². The molecule has 0 aliphatic rings. The highest BCUT2D eigenvalue weighted by atomic mass is 32.1. The fourth-order valence-electron chi connectivity index (χ4n) is 7.49. The lowest BCUT2D eigenvalue weighted by Gasteiger charge is -2.13. The van der Waals surface area contributed by atoms with Gasteiger partial charge in [-0.05, 0) is 68.7 Å². The Hall–Kier alpha value is -6.76. The summed E-state index contributed by atoms with van der Waals surface area (Å²) < 4.78 is 9.01. The molecule has 0 bridgehead atoms. The molecule has 8 aromatic carbocycles. The zero-order chi connectivity index (χ0) is 34.2. The first-order valence-corrected chi connectivity index (χ1v) is 18.0.